The zero-order valence-corrected chi connectivity index (χ0v) is 15.7. The van der Waals surface area contributed by atoms with Crippen molar-refractivity contribution in [1.29, 1.82) is 0 Å². The van der Waals surface area contributed by atoms with Crippen LogP contribution in [0.4, 0.5) is 10.5 Å². The molecule has 132 valence electrons. The van der Waals surface area contributed by atoms with Crippen LogP contribution in [-0.4, -0.2) is 52.3 Å². The van der Waals surface area contributed by atoms with Gasteiger partial charge in [-0.25, -0.2) is 4.79 Å². The largest absolute Gasteiger partial charge is 0.378 e. The topological polar surface area (TPSA) is 65.6 Å². The van der Waals surface area contributed by atoms with E-state index < -0.39 is 9.96 Å². The number of alkyl halides is 3. The van der Waals surface area contributed by atoms with E-state index in [1.165, 1.54) is 0 Å². The highest BCUT2D eigenvalue weighted by atomic mass is 35.6. The number of para-hydroxylation sites is 1. The third-order valence-corrected chi connectivity index (χ3v) is 4.08. The van der Waals surface area contributed by atoms with Gasteiger partial charge in [-0.15, -0.1) is 0 Å². The summed E-state index contributed by atoms with van der Waals surface area (Å²) in [4.78, 5) is 13.9. The minimum absolute atomic E-state index is 0.222. The summed E-state index contributed by atoms with van der Waals surface area (Å²) >= 11 is 23.1. The van der Waals surface area contributed by atoms with E-state index in [1.807, 2.05) is 30.3 Å². The van der Waals surface area contributed by atoms with Crippen LogP contribution in [0.3, 0.4) is 0 Å². The van der Waals surface area contributed by atoms with E-state index in [0.29, 0.717) is 26.3 Å². The summed E-state index contributed by atoms with van der Waals surface area (Å²) < 4.78 is 3.42. The molecule has 0 radical (unpaired) electrons. The molecule has 0 spiro atoms. The summed E-state index contributed by atoms with van der Waals surface area (Å²) in [5.41, 5.74) is 0.776. The fourth-order valence-electron chi connectivity index (χ4n) is 2.00. The van der Waals surface area contributed by atoms with Crippen molar-refractivity contribution in [2.75, 3.05) is 31.6 Å². The smallest absolute Gasteiger partial charge is 0.319 e. The van der Waals surface area contributed by atoms with Crippen LogP contribution in [0.25, 0.3) is 0 Å². The van der Waals surface area contributed by atoms with Gasteiger partial charge in [-0.05, 0) is 24.4 Å². The van der Waals surface area contributed by atoms with E-state index in [4.69, 9.17) is 51.8 Å². The van der Waals surface area contributed by atoms with Gasteiger partial charge in [0.15, 0.2) is 11.3 Å². The Labute approximate surface area is 160 Å². The Hall–Kier alpha value is -0.990. The highest BCUT2D eigenvalue weighted by Crippen LogP contribution is 2.29. The van der Waals surface area contributed by atoms with Crippen molar-refractivity contribution in [1.82, 2.24) is 15.5 Å². The first-order chi connectivity index (χ1) is 11.4. The Bertz CT molecular complexity index is 565. The van der Waals surface area contributed by atoms with Crippen molar-refractivity contribution in [3.8, 4) is 0 Å². The fraction of sp³-hybridized carbons (Fsp3) is 0.429. The van der Waals surface area contributed by atoms with Gasteiger partial charge >= 0.3 is 6.03 Å². The van der Waals surface area contributed by atoms with Gasteiger partial charge in [-0.3, -0.25) is 0 Å². The molecule has 1 aliphatic rings. The molecule has 2 rings (SSSR count). The van der Waals surface area contributed by atoms with E-state index in [0.717, 1.165) is 5.69 Å². The lowest BCUT2D eigenvalue weighted by atomic mass is 10.3. The number of thiocarbonyl (C=S) groups is 1. The average Bonchev–Trinajstić information content (AvgIpc) is 2.55. The van der Waals surface area contributed by atoms with Gasteiger partial charge in [0.25, 0.3) is 0 Å². The summed E-state index contributed by atoms with van der Waals surface area (Å²) in [6, 6.07) is 8.92. The molecule has 24 heavy (non-hydrogen) atoms. The number of nitrogens with zero attached hydrogens (tertiary/aromatic N) is 1. The molecule has 10 heteroatoms. The zero-order valence-electron chi connectivity index (χ0n) is 12.6. The molecule has 1 saturated heterocycles. The van der Waals surface area contributed by atoms with Crippen molar-refractivity contribution in [3.05, 3.63) is 30.3 Å². The van der Waals surface area contributed by atoms with Gasteiger partial charge in [-0.2, -0.15) is 0 Å². The Morgan fingerprint density at radius 2 is 1.79 bits per heavy atom. The Morgan fingerprint density at radius 1 is 1.17 bits per heavy atom. The molecule has 1 fully saturated rings. The number of rotatable bonds is 3. The van der Waals surface area contributed by atoms with Gasteiger partial charge in [0, 0.05) is 18.8 Å². The molecule has 1 atom stereocenters. The van der Waals surface area contributed by atoms with E-state index in [1.54, 1.807) is 4.90 Å². The third-order valence-electron chi connectivity index (χ3n) is 3.20. The molecule has 1 aromatic rings. The predicted molar refractivity (Wildman–Crippen MR) is 101 cm³/mol. The van der Waals surface area contributed by atoms with Crippen LogP contribution in [0.2, 0.25) is 0 Å². The van der Waals surface area contributed by atoms with Crippen molar-refractivity contribution in [3.63, 3.8) is 0 Å². The molecule has 6 nitrogen and oxygen atoms in total. The van der Waals surface area contributed by atoms with Gasteiger partial charge in [0.05, 0.1) is 13.2 Å². The van der Waals surface area contributed by atoms with Crippen LogP contribution >= 0.6 is 47.0 Å². The summed E-state index contributed by atoms with van der Waals surface area (Å²) in [7, 11) is 0. The molecule has 3 N–H and O–H groups in total. The second-order valence-electron chi connectivity index (χ2n) is 4.99. The lowest BCUT2D eigenvalue weighted by Crippen LogP contribution is -2.59. The van der Waals surface area contributed by atoms with Crippen molar-refractivity contribution < 1.29 is 9.53 Å². The van der Waals surface area contributed by atoms with E-state index in [2.05, 4.69) is 16.0 Å². The molecule has 1 unspecified atom stereocenters. The molecule has 1 aromatic carbocycles. The van der Waals surface area contributed by atoms with Crippen molar-refractivity contribution in [2.24, 2.45) is 0 Å². The lowest BCUT2D eigenvalue weighted by molar-refractivity contribution is 0.0524. The zero-order chi connectivity index (χ0) is 17.6. The Kier molecular flexibility index (Phi) is 7.18. The predicted octanol–water partition coefficient (Wildman–Crippen LogP) is 2.71. The van der Waals surface area contributed by atoms with Gasteiger partial charge in [0.2, 0.25) is 3.79 Å². The standard InChI is InChI=1S/C14H17Cl3N4O2S/c15-14(16,17)11(20-13(22)21-6-8-23-9-7-21)19-12(24)18-10-4-2-1-3-5-10/h1-5,11H,6-9H2,(H,20,22)(H2,18,19,24). The number of morpholine rings is 1. The first kappa shape index (κ1) is 19.3. The third kappa shape index (κ3) is 6.14. The number of nitrogens with one attached hydrogen (secondary N) is 3. The van der Waals surface area contributed by atoms with Crippen LogP contribution in [0.5, 0.6) is 0 Å². The monoisotopic (exact) mass is 410 g/mol. The maximum absolute atomic E-state index is 12.3. The molecule has 1 aliphatic heterocycles. The molecule has 0 saturated carbocycles. The van der Waals surface area contributed by atoms with Gasteiger partial charge in [-0.1, -0.05) is 53.0 Å². The molecule has 0 aromatic heterocycles. The minimum Gasteiger partial charge on any atom is -0.378 e. The summed E-state index contributed by atoms with van der Waals surface area (Å²) in [5, 5.41) is 8.63. The number of anilines is 1. The van der Waals surface area contributed by atoms with Crippen molar-refractivity contribution in [2.45, 2.75) is 9.96 Å². The second kappa shape index (κ2) is 8.92. The maximum atomic E-state index is 12.3. The van der Waals surface area contributed by atoms with E-state index >= 15 is 0 Å². The molecular formula is C14H17Cl3N4O2S. The normalized spacial score (nSPS) is 16.2. The number of halogens is 3. The molecule has 2 amide bonds. The number of carbonyl (C=O) groups excluding carboxylic acids is 1. The molecular weight excluding hydrogens is 395 g/mol. The van der Waals surface area contributed by atoms with E-state index in [-0.39, 0.29) is 11.1 Å². The SMILES string of the molecule is O=C(NC(NC(=S)Nc1ccccc1)C(Cl)(Cl)Cl)N1CCOCC1. The number of carbonyl (C=O) groups is 1. The Balaban J connectivity index is 1.95. The van der Waals surface area contributed by atoms with Crippen molar-refractivity contribution >= 4 is 63.9 Å². The second-order valence-corrected chi connectivity index (χ2v) is 7.77. The average molecular weight is 412 g/mol. The van der Waals surface area contributed by atoms with Crippen LogP contribution in [0.15, 0.2) is 30.3 Å². The number of urea groups is 1. The molecule has 0 aliphatic carbocycles. The number of amides is 2. The Morgan fingerprint density at radius 3 is 2.38 bits per heavy atom. The van der Waals surface area contributed by atoms with Gasteiger partial charge in [0.1, 0.15) is 0 Å². The lowest BCUT2D eigenvalue weighted by Gasteiger charge is -2.32. The first-order valence-electron chi connectivity index (χ1n) is 7.19. The number of hydrogen-bond donors (Lipinski definition) is 3. The summed E-state index contributed by atoms with van der Waals surface area (Å²) in [5.74, 6) is 0. The van der Waals surface area contributed by atoms with Crippen LogP contribution < -0.4 is 16.0 Å². The van der Waals surface area contributed by atoms with Crippen LogP contribution in [-0.2, 0) is 4.74 Å². The van der Waals surface area contributed by atoms with Crippen LogP contribution in [0, 0.1) is 0 Å². The van der Waals surface area contributed by atoms with E-state index in [9.17, 15) is 4.79 Å². The maximum Gasteiger partial charge on any atom is 0.319 e. The molecule has 1 heterocycles. The highest BCUT2D eigenvalue weighted by molar-refractivity contribution is 7.80. The molecule has 0 bridgehead atoms. The minimum atomic E-state index is -1.79. The highest BCUT2D eigenvalue weighted by Gasteiger charge is 2.35. The summed E-state index contributed by atoms with van der Waals surface area (Å²) in [6.45, 7) is 1.91. The summed E-state index contributed by atoms with van der Waals surface area (Å²) in [6.07, 6.45) is -0.999. The quantitative estimate of drug-likeness (QED) is 0.405. The number of hydrogen-bond acceptors (Lipinski definition) is 3. The van der Waals surface area contributed by atoms with Crippen LogP contribution in [0.1, 0.15) is 0 Å². The first-order valence-corrected chi connectivity index (χ1v) is 8.73. The fourth-order valence-corrected chi connectivity index (χ4v) is 2.56. The number of benzene rings is 1. The number of ether oxygens (including phenoxy) is 1. The van der Waals surface area contributed by atoms with Gasteiger partial charge < -0.3 is 25.6 Å².